The molecule has 1 heterocycles. The molecular formula is C14H15FOS. The summed E-state index contributed by atoms with van der Waals surface area (Å²) in [5, 5.41) is 12.4. The molecule has 0 aliphatic heterocycles. The summed E-state index contributed by atoms with van der Waals surface area (Å²) in [4.78, 5) is 1.17. The number of hydrogen-bond donors (Lipinski definition) is 1. The van der Waals surface area contributed by atoms with Gasteiger partial charge in [0, 0.05) is 11.3 Å². The van der Waals surface area contributed by atoms with Crippen LogP contribution in [0.2, 0.25) is 0 Å². The summed E-state index contributed by atoms with van der Waals surface area (Å²) in [7, 11) is 0. The van der Waals surface area contributed by atoms with E-state index in [-0.39, 0.29) is 5.82 Å². The van der Waals surface area contributed by atoms with Crippen molar-refractivity contribution in [1.29, 1.82) is 0 Å². The lowest BCUT2D eigenvalue weighted by atomic mass is 9.91. The zero-order valence-electron chi connectivity index (χ0n) is 9.90. The van der Waals surface area contributed by atoms with E-state index in [0.717, 1.165) is 11.1 Å². The summed E-state index contributed by atoms with van der Waals surface area (Å²) in [6.07, 6.45) is 0.418. The minimum absolute atomic E-state index is 0.264. The van der Waals surface area contributed by atoms with E-state index >= 15 is 0 Å². The third-order valence-corrected chi connectivity index (χ3v) is 3.65. The molecule has 0 saturated heterocycles. The van der Waals surface area contributed by atoms with Gasteiger partial charge in [0.05, 0.1) is 5.60 Å². The average molecular weight is 250 g/mol. The van der Waals surface area contributed by atoms with E-state index in [1.165, 1.54) is 17.0 Å². The van der Waals surface area contributed by atoms with Crippen LogP contribution in [0.5, 0.6) is 0 Å². The Hall–Kier alpha value is -1.19. The topological polar surface area (TPSA) is 20.2 Å². The second kappa shape index (κ2) is 4.59. The summed E-state index contributed by atoms with van der Waals surface area (Å²) in [5.74, 6) is -0.264. The van der Waals surface area contributed by atoms with Gasteiger partial charge in [-0.3, -0.25) is 0 Å². The number of halogens is 1. The highest BCUT2D eigenvalue weighted by Crippen LogP contribution is 2.29. The SMILES string of the molecule is Cc1cc(C(C)(O)Cc2cccc(F)c2)cs1. The molecule has 0 saturated carbocycles. The Labute approximate surface area is 105 Å². The second-order valence-electron chi connectivity index (χ2n) is 4.53. The van der Waals surface area contributed by atoms with Crippen molar-refractivity contribution in [3.8, 4) is 0 Å². The first-order chi connectivity index (χ1) is 7.97. The Kier molecular flexibility index (Phi) is 3.31. The van der Waals surface area contributed by atoms with Crippen molar-refractivity contribution < 1.29 is 9.50 Å². The van der Waals surface area contributed by atoms with Crippen LogP contribution in [0, 0.1) is 12.7 Å². The lowest BCUT2D eigenvalue weighted by Crippen LogP contribution is -2.23. The molecule has 2 aromatic rings. The normalized spacial score (nSPS) is 14.6. The maximum Gasteiger partial charge on any atom is 0.123 e. The smallest absolute Gasteiger partial charge is 0.123 e. The Morgan fingerprint density at radius 1 is 1.35 bits per heavy atom. The van der Waals surface area contributed by atoms with Crippen molar-refractivity contribution in [2.24, 2.45) is 0 Å². The molecular weight excluding hydrogens is 235 g/mol. The monoisotopic (exact) mass is 250 g/mol. The highest BCUT2D eigenvalue weighted by molar-refractivity contribution is 7.10. The van der Waals surface area contributed by atoms with Crippen LogP contribution < -0.4 is 0 Å². The molecule has 0 spiro atoms. The summed E-state index contributed by atoms with van der Waals surface area (Å²) >= 11 is 1.61. The predicted molar refractivity (Wildman–Crippen MR) is 68.7 cm³/mol. The van der Waals surface area contributed by atoms with Gasteiger partial charge >= 0.3 is 0 Å². The van der Waals surface area contributed by atoms with Crippen LogP contribution in [0.25, 0.3) is 0 Å². The minimum Gasteiger partial charge on any atom is -0.385 e. The Bertz CT molecular complexity index is 516. The molecule has 1 N–H and O–H groups in total. The third-order valence-electron chi connectivity index (χ3n) is 2.79. The quantitative estimate of drug-likeness (QED) is 0.881. The number of aliphatic hydroxyl groups is 1. The predicted octanol–water partition coefficient (Wildman–Crippen LogP) is 3.65. The van der Waals surface area contributed by atoms with Gasteiger partial charge in [-0.1, -0.05) is 12.1 Å². The van der Waals surface area contributed by atoms with Crippen LogP contribution in [0.15, 0.2) is 35.7 Å². The van der Waals surface area contributed by atoms with Crippen molar-refractivity contribution in [3.05, 3.63) is 57.5 Å². The molecule has 0 fully saturated rings. The van der Waals surface area contributed by atoms with Crippen molar-refractivity contribution in [3.63, 3.8) is 0 Å². The first-order valence-electron chi connectivity index (χ1n) is 5.50. The number of aryl methyl sites for hydroxylation is 1. The van der Waals surface area contributed by atoms with Gasteiger partial charge in [0.1, 0.15) is 5.82 Å². The Morgan fingerprint density at radius 2 is 2.12 bits per heavy atom. The molecule has 0 radical (unpaired) electrons. The van der Waals surface area contributed by atoms with Crippen molar-refractivity contribution >= 4 is 11.3 Å². The fourth-order valence-electron chi connectivity index (χ4n) is 1.87. The van der Waals surface area contributed by atoms with E-state index in [9.17, 15) is 9.50 Å². The van der Waals surface area contributed by atoms with Crippen LogP contribution in [0.1, 0.15) is 22.9 Å². The highest BCUT2D eigenvalue weighted by atomic mass is 32.1. The summed E-state index contributed by atoms with van der Waals surface area (Å²) in [6.45, 7) is 3.77. The van der Waals surface area contributed by atoms with E-state index in [4.69, 9.17) is 0 Å². The van der Waals surface area contributed by atoms with E-state index in [2.05, 4.69) is 0 Å². The Balaban J connectivity index is 2.22. The third kappa shape index (κ3) is 2.93. The molecule has 0 aliphatic carbocycles. The minimum atomic E-state index is -0.946. The van der Waals surface area contributed by atoms with Gasteiger partial charge in [-0.2, -0.15) is 0 Å². The van der Waals surface area contributed by atoms with Crippen LogP contribution in [-0.2, 0) is 12.0 Å². The van der Waals surface area contributed by atoms with Gasteiger partial charge in [0.25, 0.3) is 0 Å². The second-order valence-corrected chi connectivity index (χ2v) is 5.64. The maximum absolute atomic E-state index is 13.1. The zero-order chi connectivity index (χ0) is 12.5. The lowest BCUT2D eigenvalue weighted by Gasteiger charge is -2.22. The van der Waals surface area contributed by atoms with Gasteiger partial charge in [-0.05, 0) is 48.6 Å². The Morgan fingerprint density at radius 3 is 2.71 bits per heavy atom. The van der Waals surface area contributed by atoms with Gasteiger partial charge in [0.2, 0.25) is 0 Å². The molecule has 1 nitrogen and oxygen atoms in total. The molecule has 2 rings (SSSR count). The van der Waals surface area contributed by atoms with Crippen molar-refractivity contribution in [2.45, 2.75) is 25.9 Å². The number of benzene rings is 1. The van der Waals surface area contributed by atoms with Gasteiger partial charge in [-0.25, -0.2) is 4.39 Å². The zero-order valence-corrected chi connectivity index (χ0v) is 10.7. The molecule has 1 aromatic heterocycles. The van der Waals surface area contributed by atoms with E-state index in [0.29, 0.717) is 6.42 Å². The average Bonchev–Trinajstić information content (AvgIpc) is 2.65. The number of rotatable bonds is 3. The fourth-order valence-corrected chi connectivity index (χ4v) is 2.70. The summed E-state index contributed by atoms with van der Waals surface area (Å²) in [6, 6.07) is 8.35. The standard InChI is InChI=1S/C14H15FOS/c1-10-6-12(9-17-10)14(2,16)8-11-4-3-5-13(15)7-11/h3-7,9,16H,8H2,1-2H3. The van der Waals surface area contributed by atoms with Crippen LogP contribution in [0.4, 0.5) is 4.39 Å². The first kappa shape index (κ1) is 12.3. The van der Waals surface area contributed by atoms with E-state index in [1.54, 1.807) is 24.3 Å². The maximum atomic E-state index is 13.1. The highest BCUT2D eigenvalue weighted by Gasteiger charge is 2.24. The van der Waals surface area contributed by atoms with Gasteiger partial charge in [0.15, 0.2) is 0 Å². The molecule has 0 aliphatic rings. The summed E-state index contributed by atoms with van der Waals surface area (Å²) < 4.78 is 13.1. The van der Waals surface area contributed by atoms with E-state index in [1.807, 2.05) is 24.4 Å². The van der Waals surface area contributed by atoms with E-state index < -0.39 is 5.60 Å². The molecule has 1 aromatic carbocycles. The largest absolute Gasteiger partial charge is 0.385 e. The lowest BCUT2D eigenvalue weighted by molar-refractivity contribution is 0.0580. The molecule has 3 heteroatoms. The molecule has 1 atom stereocenters. The van der Waals surface area contributed by atoms with Crippen molar-refractivity contribution in [1.82, 2.24) is 0 Å². The molecule has 1 unspecified atom stereocenters. The number of thiophene rings is 1. The van der Waals surface area contributed by atoms with Gasteiger partial charge in [-0.15, -0.1) is 11.3 Å². The molecule has 0 amide bonds. The van der Waals surface area contributed by atoms with Crippen LogP contribution >= 0.6 is 11.3 Å². The molecule has 0 bridgehead atoms. The molecule has 90 valence electrons. The van der Waals surface area contributed by atoms with Gasteiger partial charge < -0.3 is 5.11 Å². The van der Waals surface area contributed by atoms with Crippen molar-refractivity contribution in [2.75, 3.05) is 0 Å². The number of hydrogen-bond acceptors (Lipinski definition) is 2. The fraction of sp³-hybridized carbons (Fsp3) is 0.286. The summed E-state index contributed by atoms with van der Waals surface area (Å²) in [5.41, 5.74) is 0.751. The molecule has 17 heavy (non-hydrogen) atoms. The van der Waals surface area contributed by atoms with Crippen LogP contribution in [-0.4, -0.2) is 5.11 Å². The van der Waals surface area contributed by atoms with Crippen LogP contribution in [0.3, 0.4) is 0 Å². The first-order valence-corrected chi connectivity index (χ1v) is 6.38.